The molecule has 0 saturated carbocycles. The van der Waals surface area contributed by atoms with Crippen molar-refractivity contribution < 1.29 is 4.79 Å². The van der Waals surface area contributed by atoms with Crippen molar-refractivity contribution in [3.05, 3.63) is 18.2 Å². The van der Waals surface area contributed by atoms with E-state index in [0.29, 0.717) is 6.42 Å². The quantitative estimate of drug-likeness (QED) is 0.781. The standard InChI is InChI=1S/C10H16N4O.ClH/c1-13-6-12-5-8(13)10-7(11)3-4-9(15)14(10)2;/h5-7,10H,3-4,11H2,1-2H3;1H/t7-,10-;/m0./s1. The molecule has 0 unspecified atom stereocenters. The molecule has 2 heterocycles. The fraction of sp³-hybridized carbons (Fsp3) is 0.600. The molecule has 6 heteroatoms. The molecular weight excluding hydrogens is 228 g/mol. The molecule has 2 N–H and O–H groups in total. The van der Waals surface area contributed by atoms with Crippen LogP contribution in [0.1, 0.15) is 24.6 Å². The highest BCUT2D eigenvalue weighted by Crippen LogP contribution is 2.28. The number of aryl methyl sites for hydroxylation is 1. The number of nitrogens with two attached hydrogens (primary N) is 1. The normalized spacial score (nSPS) is 25.4. The Labute approximate surface area is 101 Å². The molecule has 5 nitrogen and oxygen atoms in total. The third-order valence-corrected chi connectivity index (χ3v) is 3.06. The highest BCUT2D eigenvalue weighted by Gasteiger charge is 2.33. The second-order valence-electron chi connectivity index (χ2n) is 4.08. The van der Waals surface area contributed by atoms with Crippen LogP contribution in [0.4, 0.5) is 0 Å². The van der Waals surface area contributed by atoms with Crippen molar-refractivity contribution in [2.75, 3.05) is 7.05 Å². The minimum Gasteiger partial charge on any atom is -0.336 e. The van der Waals surface area contributed by atoms with E-state index in [4.69, 9.17) is 5.73 Å². The average Bonchev–Trinajstić information content (AvgIpc) is 2.60. The lowest BCUT2D eigenvalue weighted by Crippen LogP contribution is -2.47. The molecule has 1 fully saturated rings. The number of carbonyl (C=O) groups is 1. The van der Waals surface area contributed by atoms with E-state index >= 15 is 0 Å². The summed E-state index contributed by atoms with van der Waals surface area (Å²) in [5.74, 6) is 0.155. The molecule has 1 amide bonds. The lowest BCUT2D eigenvalue weighted by atomic mass is 9.95. The largest absolute Gasteiger partial charge is 0.336 e. The predicted molar refractivity (Wildman–Crippen MR) is 63.2 cm³/mol. The Morgan fingerprint density at radius 3 is 2.75 bits per heavy atom. The molecule has 1 saturated heterocycles. The number of likely N-dealkylation sites (N-methyl/N-ethyl adjacent to an activating group) is 1. The first kappa shape index (κ1) is 13.0. The number of nitrogens with zero attached hydrogens (tertiary/aromatic N) is 3. The Morgan fingerprint density at radius 1 is 1.50 bits per heavy atom. The Bertz CT molecular complexity index is 379. The summed E-state index contributed by atoms with van der Waals surface area (Å²) < 4.78 is 1.92. The van der Waals surface area contributed by atoms with E-state index in [1.807, 2.05) is 11.6 Å². The van der Waals surface area contributed by atoms with E-state index in [1.54, 1.807) is 24.5 Å². The van der Waals surface area contributed by atoms with Gasteiger partial charge in [0.1, 0.15) is 0 Å². The van der Waals surface area contributed by atoms with Crippen LogP contribution in [-0.4, -0.2) is 33.4 Å². The molecule has 2 rings (SSSR count). The Morgan fingerprint density at radius 2 is 2.19 bits per heavy atom. The molecule has 0 aromatic carbocycles. The van der Waals surface area contributed by atoms with Gasteiger partial charge in [-0.15, -0.1) is 12.4 Å². The molecule has 1 aromatic heterocycles. The molecule has 0 bridgehead atoms. The second-order valence-corrected chi connectivity index (χ2v) is 4.08. The molecular formula is C10H17ClN4O. The third-order valence-electron chi connectivity index (χ3n) is 3.06. The molecule has 1 aliphatic heterocycles. The maximum atomic E-state index is 11.6. The molecule has 0 spiro atoms. The number of hydrogen-bond acceptors (Lipinski definition) is 3. The molecule has 0 radical (unpaired) electrons. The number of likely N-dealkylation sites (tertiary alicyclic amines) is 1. The van der Waals surface area contributed by atoms with Crippen LogP contribution in [0.25, 0.3) is 0 Å². The molecule has 1 aliphatic rings. The highest BCUT2D eigenvalue weighted by atomic mass is 35.5. The summed E-state index contributed by atoms with van der Waals surface area (Å²) in [7, 11) is 3.72. The van der Waals surface area contributed by atoms with Crippen molar-refractivity contribution in [2.45, 2.75) is 24.9 Å². The van der Waals surface area contributed by atoms with Gasteiger partial charge in [0, 0.05) is 26.6 Å². The summed E-state index contributed by atoms with van der Waals surface area (Å²) in [6.45, 7) is 0. The van der Waals surface area contributed by atoms with Crippen LogP contribution in [-0.2, 0) is 11.8 Å². The number of halogens is 1. The number of amides is 1. The first-order valence-corrected chi connectivity index (χ1v) is 5.08. The van der Waals surface area contributed by atoms with E-state index < -0.39 is 0 Å². The summed E-state index contributed by atoms with van der Waals surface area (Å²) in [6, 6.07) is -0.0400. The van der Waals surface area contributed by atoms with Crippen LogP contribution in [0.5, 0.6) is 0 Å². The van der Waals surface area contributed by atoms with Gasteiger partial charge in [0.2, 0.25) is 5.91 Å². The molecule has 2 atom stereocenters. The fourth-order valence-electron chi connectivity index (χ4n) is 2.14. The van der Waals surface area contributed by atoms with E-state index in [2.05, 4.69) is 4.98 Å². The van der Waals surface area contributed by atoms with Gasteiger partial charge in [-0.05, 0) is 6.42 Å². The fourth-order valence-corrected chi connectivity index (χ4v) is 2.14. The summed E-state index contributed by atoms with van der Waals surface area (Å²) in [6.07, 6.45) is 4.81. The Balaban J connectivity index is 0.00000128. The van der Waals surface area contributed by atoms with Gasteiger partial charge >= 0.3 is 0 Å². The predicted octanol–water partition coefficient (Wildman–Crippen LogP) is 0.462. The van der Waals surface area contributed by atoms with Crippen molar-refractivity contribution >= 4 is 18.3 Å². The van der Waals surface area contributed by atoms with Crippen molar-refractivity contribution in [3.8, 4) is 0 Å². The van der Waals surface area contributed by atoms with Gasteiger partial charge < -0.3 is 15.2 Å². The van der Waals surface area contributed by atoms with Crippen molar-refractivity contribution in [2.24, 2.45) is 12.8 Å². The topological polar surface area (TPSA) is 64.2 Å². The van der Waals surface area contributed by atoms with E-state index in [9.17, 15) is 4.79 Å². The van der Waals surface area contributed by atoms with Crippen molar-refractivity contribution in [1.29, 1.82) is 0 Å². The first-order chi connectivity index (χ1) is 7.11. The van der Waals surface area contributed by atoms with Crippen molar-refractivity contribution in [3.63, 3.8) is 0 Å². The van der Waals surface area contributed by atoms with Crippen LogP contribution in [0.2, 0.25) is 0 Å². The lowest BCUT2D eigenvalue weighted by molar-refractivity contribution is -0.135. The third kappa shape index (κ3) is 2.05. The van der Waals surface area contributed by atoms with Gasteiger partial charge in [-0.1, -0.05) is 0 Å². The van der Waals surface area contributed by atoms with Crippen LogP contribution in [0, 0.1) is 0 Å². The lowest BCUT2D eigenvalue weighted by Gasteiger charge is -2.37. The number of piperidine rings is 1. The number of hydrogen-bond donors (Lipinski definition) is 1. The zero-order valence-electron chi connectivity index (χ0n) is 9.46. The van der Waals surface area contributed by atoms with Gasteiger partial charge in [-0.2, -0.15) is 0 Å². The zero-order chi connectivity index (χ0) is 11.0. The van der Waals surface area contributed by atoms with Gasteiger partial charge in [-0.25, -0.2) is 4.98 Å². The van der Waals surface area contributed by atoms with Crippen LogP contribution in [0.3, 0.4) is 0 Å². The summed E-state index contributed by atoms with van der Waals surface area (Å²) in [4.78, 5) is 17.4. The highest BCUT2D eigenvalue weighted by molar-refractivity contribution is 5.85. The summed E-state index contributed by atoms with van der Waals surface area (Å²) in [5, 5.41) is 0. The van der Waals surface area contributed by atoms with Gasteiger partial charge in [0.05, 0.1) is 24.3 Å². The Hall–Kier alpha value is -1.07. The van der Waals surface area contributed by atoms with E-state index in [-0.39, 0.29) is 30.4 Å². The number of rotatable bonds is 1. The number of aromatic nitrogens is 2. The minimum absolute atomic E-state index is 0. The first-order valence-electron chi connectivity index (χ1n) is 5.08. The average molecular weight is 245 g/mol. The van der Waals surface area contributed by atoms with E-state index in [0.717, 1.165) is 12.1 Å². The molecule has 16 heavy (non-hydrogen) atoms. The Kier molecular flexibility index (Phi) is 3.93. The second kappa shape index (κ2) is 4.84. The molecule has 0 aliphatic carbocycles. The SMILES string of the molecule is CN1C(=O)CC[C@H](N)[C@H]1c1cncn1C.Cl. The van der Waals surface area contributed by atoms with Crippen LogP contribution in [0.15, 0.2) is 12.5 Å². The van der Waals surface area contributed by atoms with Gasteiger partial charge in [-0.3, -0.25) is 4.79 Å². The molecule has 90 valence electrons. The summed E-state index contributed by atoms with van der Waals surface area (Å²) >= 11 is 0. The maximum absolute atomic E-state index is 11.6. The number of carbonyl (C=O) groups excluding carboxylic acids is 1. The monoisotopic (exact) mass is 244 g/mol. The van der Waals surface area contributed by atoms with Crippen LogP contribution >= 0.6 is 12.4 Å². The van der Waals surface area contributed by atoms with Gasteiger partial charge in [0.15, 0.2) is 0 Å². The van der Waals surface area contributed by atoms with E-state index in [1.165, 1.54) is 0 Å². The maximum Gasteiger partial charge on any atom is 0.222 e. The van der Waals surface area contributed by atoms with Gasteiger partial charge in [0.25, 0.3) is 0 Å². The molecule has 1 aromatic rings. The van der Waals surface area contributed by atoms with Crippen molar-refractivity contribution in [1.82, 2.24) is 14.5 Å². The minimum atomic E-state index is -0.0428. The zero-order valence-corrected chi connectivity index (χ0v) is 10.3. The van der Waals surface area contributed by atoms with Crippen LogP contribution < -0.4 is 5.73 Å². The number of imidazole rings is 1. The summed E-state index contributed by atoms with van der Waals surface area (Å²) in [5.41, 5.74) is 7.05. The smallest absolute Gasteiger partial charge is 0.222 e.